The number of esters is 2. The molecule has 1 rings (SSSR count). The maximum absolute atomic E-state index is 10.7. The Bertz CT molecular complexity index is 411. The quantitative estimate of drug-likeness (QED) is 0.441. The van der Waals surface area contributed by atoms with Crippen LogP contribution in [-0.4, -0.2) is 46.8 Å². The fourth-order valence-electron chi connectivity index (χ4n) is 1.21. The van der Waals surface area contributed by atoms with Gasteiger partial charge in [0.1, 0.15) is 12.7 Å². The number of carbonyl (C=O) groups excluding carboxylic acids is 2. The molecule has 1 atom stereocenters. The Morgan fingerprint density at radius 2 is 1.52 bits per heavy atom. The highest BCUT2D eigenvalue weighted by molar-refractivity contribution is 5.92. The molecule has 0 amide bonds. The van der Waals surface area contributed by atoms with E-state index in [2.05, 4.69) is 17.9 Å². The molecule has 0 aromatic rings. The van der Waals surface area contributed by atoms with Gasteiger partial charge in [-0.2, -0.15) is 0 Å². The van der Waals surface area contributed by atoms with Crippen molar-refractivity contribution in [2.45, 2.75) is 38.7 Å². The van der Waals surface area contributed by atoms with E-state index < -0.39 is 23.9 Å². The molecular formula is C15H22O8. The summed E-state index contributed by atoms with van der Waals surface area (Å²) in [6.07, 6.45) is 2.76. The third-order valence-corrected chi connectivity index (χ3v) is 2.16. The monoisotopic (exact) mass is 330 g/mol. The normalized spacial score (nSPS) is 16.1. The first-order valence-electron chi connectivity index (χ1n) is 6.80. The van der Waals surface area contributed by atoms with Crippen molar-refractivity contribution in [1.29, 1.82) is 0 Å². The van der Waals surface area contributed by atoms with Crippen LogP contribution in [-0.2, 0) is 28.7 Å². The first-order valence-corrected chi connectivity index (χ1v) is 6.80. The van der Waals surface area contributed by atoms with E-state index in [9.17, 15) is 19.2 Å². The molecule has 0 spiro atoms. The van der Waals surface area contributed by atoms with Crippen LogP contribution in [0.1, 0.15) is 32.6 Å². The number of carbonyl (C=O) groups is 4. The van der Waals surface area contributed by atoms with E-state index in [0.29, 0.717) is 12.8 Å². The van der Waals surface area contributed by atoms with Gasteiger partial charge in [-0.3, -0.25) is 9.59 Å². The number of ether oxygens (including phenoxy) is 2. The lowest BCUT2D eigenvalue weighted by Gasteiger charge is -2.13. The number of carboxylic acid groups (broad SMARTS) is 2. The fourth-order valence-corrected chi connectivity index (χ4v) is 1.21. The van der Waals surface area contributed by atoms with Crippen LogP contribution in [0.3, 0.4) is 0 Å². The Morgan fingerprint density at radius 1 is 1.09 bits per heavy atom. The highest BCUT2D eigenvalue weighted by atomic mass is 16.6. The molecule has 2 N–H and O–H groups in total. The number of cyclic esters (lactones) is 2. The van der Waals surface area contributed by atoms with E-state index in [0.717, 1.165) is 12.2 Å². The van der Waals surface area contributed by atoms with Crippen molar-refractivity contribution < 1.29 is 38.9 Å². The SMILES string of the molecule is C=C.CC1COC(=O)C=CC(=O)O1.O=C(O)CCCCC(=O)O. The van der Waals surface area contributed by atoms with Crippen molar-refractivity contribution in [2.75, 3.05) is 6.61 Å². The number of aliphatic carboxylic acids is 2. The van der Waals surface area contributed by atoms with Gasteiger partial charge in [0.25, 0.3) is 0 Å². The molecule has 1 heterocycles. The minimum Gasteiger partial charge on any atom is -0.481 e. The molecule has 130 valence electrons. The predicted molar refractivity (Wildman–Crippen MR) is 80.6 cm³/mol. The van der Waals surface area contributed by atoms with Crippen LogP contribution >= 0.6 is 0 Å². The van der Waals surface area contributed by atoms with Crippen LogP contribution in [0.2, 0.25) is 0 Å². The van der Waals surface area contributed by atoms with Gasteiger partial charge in [-0.1, -0.05) is 0 Å². The molecule has 0 aliphatic carbocycles. The molecule has 8 nitrogen and oxygen atoms in total. The summed E-state index contributed by atoms with van der Waals surface area (Å²) in [6.45, 7) is 7.78. The van der Waals surface area contributed by atoms with E-state index in [-0.39, 0.29) is 25.6 Å². The van der Waals surface area contributed by atoms with E-state index in [1.165, 1.54) is 0 Å². The number of hydrogen-bond donors (Lipinski definition) is 2. The number of unbranched alkanes of at least 4 members (excludes halogenated alkanes) is 1. The Kier molecular flexibility index (Phi) is 14.1. The highest BCUT2D eigenvalue weighted by Crippen LogP contribution is 1.99. The van der Waals surface area contributed by atoms with Gasteiger partial charge < -0.3 is 19.7 Å². The maximum atomic E-state index is 10.7. The molecule has 1 unspecified atom stereocenters. The van der Waals surface area contributed by atoms with Crippen LogP contribution in [0.25, 0.3) is 0 Å². The maximum Gasteiger partial charge on any atom is 0.331 e. The van der Waals surface area contributed by atoms with E-state index in [1.807, 2.05) is 0 Å². The van der Waals surface area contributed by atoms with Crippen molar-refractivity contribution in [2.24, 2.45) is 0 Å². The molecule has 1 aliphatic rings. The van der Waals surface area contributed by atoms with Gasteiger partial charge in [0.2, 0.25) is 0 Å². The molecule has 0 radical (unpaired) electrons. The zero-order valence-electron chi connectivity index (χ0n) is 13.0. The van der Waals surface area contributed by atoms with Gasteiger partial charge in [-0.05, 0) is 19.8 Å². The molecule has 23 heavy (non-hydrogen) atoms. The van der Waals surface area contributed by atoms with E-state index in [1.54, 1.807) is 6.92 Å². The third-order valence-electron chi connectivity index (χ3n) is 2.16. The summed E-state index contributed by atoms with van der Waals surface area (Å²) in [5.74, 6) is -2.75. The second kappa shape index (κ2) is 14.3. The second-order valence-electron chi connectivity index (χ2n) is 4.21. The molecule has 0 saturated carbocycles. The zero-order valence-corrected chi connectivity index (χ0v) is 13.0. The Morgan fingerprint density at radius 3 is 1.96 bits per heavy atom. The van der Waals surface area contributed by atoms with Crippen molar-refractivity contribution >= 4 is 23.9 Å². The average Bonchev–Trinajstić information content (AvgIpc) is 2.49. The van der Waals surface area contributed by atoms with Crippen molar-refractivity contribution in [3.8, 4) is 0 Å². The van der Waals surface area contributed by atoms with Gasteiger partial charge >= 0.3 is 23.9 Å². The van der Waals surface area contributed by atoms with Crippen LogP contribution in [0.5, 0.6) is 0 Å². The third kappa shape index (κ3) is 17.3. The first kappa shape index (κ1) is 22.6. The van der Waals surface area contributed by atoms with Gasteiger partial charge in [0.15, 0.2) is 0 Å². The van der Waals surface area contributed by atoms with Crippen molar-refractivity contribution in [3.05, 3.63) is 25.3 Å². The van der Waals surface area contributed by atoms with Crippen molar-refractivity contribution in [3.63, 3.8) is 0 Å². The van der Waals surface area contributed by atoms with Gasteiger partial charge in [-0.15, -0.1) is 13.2 Å². The molecule has 1 aliphatic heterocycles. The molecule has 0 saturated heterocycles. The van der Waals surface area contributed by atoms with Crippen LogP contribution in [0.15, 0.2) is 25.3 Å². The first-order chi connectivity index (χ1) is 10.8. The highest BCUT2D eigenvalue weighted by Gasteiger charge is 2.12. The smallest absolute Gasteiger partial charge is 0.331 e. The van der Waals surface area contributed by atoms with Crippen LogP contribution in [0, 0.1) is 0 Å². The molecule has 0 bridgehead atoms. The fraction of sp³-hybridized carbons (Fsp3) is 0.467. The second-order valence-corrected chi connectivity index (χ2v) is 4.21. The lowest BCUT2D eigenvalue weighted by molar-refractivity contribution is -0.153. The van der Waals surface area contributed by atoms with E-state index >= 15 is 0 Å². The Hall–Kier alpha value is -2.64. The van der Waals surface area contributed by atoms with Gasteiger partial charge in [0.05, 0.1) is 0 Å². The average molecular weight is 330 g/mol. The van der Waals surface area contributed by atoms with Gasteiger partial charge in [0, 0.05) is 25.0 Å². The summed E-state index contributed by atoms with van der Waals surface area (Å²) < 4.78 is 9.38. The summed E-state index contributed by atoms with van der Waals surface area (Å²) in [6, 6.07) is 0. The number of hydrogen-bond acceptors (Lipinski definition) is 6. The molecule has 0 fully saturated rings. The summed E-state index contributed by atoms with van der Waals surface area (Å²) in [7, 11) is 0. The topological polar surface area (TPSA) is 127 Å². The van der Waals surface area contributed by atoms with Gasteiger partial charge in [-0.25, -0.2) is 9.59 Å². The molecular weight excluding hydrogens is 308 g/mol. The lowest BCUT2D eigenvalue weighted by atomic mass is 10.2. The Labute approximate surface area is 134 Å². The summed E-state index contributed by atoms with van der Waals surface area (Å²) in [4.78, 5) is 41.1. The van der Waals surface area contributed by atoms with Crippen molar-refractivity contribution in [1.82, 2.24) is 0 Å². The summed E-state index contributed by atoms with van der Waals surface area (Å²) >= 11 is 0. The zero-order chi connectivity index (χ0) is 18.3. The van der Waals surface area contributed by atoms with Crippen LogP contribution in [0.4, 0.5) is 0 Å². The number of rotatable bonds is 5. The van der Waals surface area contributed by atoms with Crippen LogP contribution < -0.4 is 0 Å². The lowest BCUT2D eigenvalue weighted by Crippen LogP contribution is -2.23. The van der Waals surface area contributed by atoms with E-state index in [4.69, 9.17) is 14.9 Å². The molecule has 0 aromatic carbocycles. The standard InChI is InChI=1S/C7H8O4.C6H10O4.C2H4/c1-5-4-10-6(8)2-3-7(9)11-5;7-5(8)3-1-2-4-6(9)10;1-2/h2-3,5H,4H2,1H3;1-4H2,(H,7,8)(H,9,10);1-2H2. The molecule has 0 aromatic heterocycles. The molecule has 8 heteroatoms. The Balaban J connectivity index is 0. The summed E-state index contributed by atoms with van der Waals surface area (Å²) in [5, 5.41) is 16.3. The largest absolute Gasteiger partial charge is 0.481 e. The predicted octanol–water partition coefficient (Wildman–Crippen LogP) is 1.55. The minimum absolute atomic E-state index is 0.0628. The minimum atomic E-state index is -0.870. The number of carboxylic acids is 2. The summed E-state index contributed by atoms with van der Waals surface area (Å²) in [5.41, 5.74) is 0.